The van der Waals surface area contributed by atoms with E-state index in [1.165, 1.54) is 18.4 Å². The van der Waals surface area contributed by atoms with Crippen LogP contribution in [-0.4, -0.2) is 33.9 Å². The van der Waals surface area contributed by atoms with Crippen LogP contribution in [0.5, 0.6) is 0 Å². The number of aliphatic carboxylic acids is 1. The van der Waals surface area contributed by atoms with Crippen LogP contribution >= 0.6 is 11.8 Å². The summed E-state index contributed by atoms with van der Waals surface area (Å²) >= 11 is 0.991. The van der Waals surface area contributed by atoms with E-state index in [0.717, 1.165) is 11.8 Å². The number of carbonyl (C=O) groups excluding carboxylic acids is 2. The minimum atomic E-state index is -0.967. The summed E-state index contributed by atoms with van der Waals surface area (Å²) in [6, 6.07) is 2.97. The first-order chi connectivity index (χ1) is 8.91. The zero-order valence-corrected chi connectivity index (χ0v) is 11.4. The van der Waals surface area contributed by atoms with E-state index in [2.05, 4.69) is 5.32 Å². The summed E-state index contributed by atoms with van der Waals surface area (Å²) in [5.74, 6) is -2.30. The third-order valence-electron chi connectivity index (χ3n) is 2.24. The summed E-state index contributed by atoms with van der Waals surface area (Å²) < 4.78 is 4.83. The van der Waals surface area contributed by atoms with Gasteiger partial charge in [-0.2, -0.15) is 0 Å². The predicted molar refractivity (Wildman–Crippen MR) is 69.9 cm³/mol. The Morgan fingerprint density at radius 3 is 2.58 bits per heavy atom. The number of nitrogens with one attached hydrogen (secondary N) is 1. The van der Waals surface area contributed by atoms with Gasteiger partial charge in [-0.25, -0.2) is 0 Å². The van der Waals surface area contributed by atoms with Gasteiger partial charge in [-0.3, -0.25) is 19.7 Å². The van der Waals surface area contributed by atoms with Crippen molar-refractivity contribution in [2.75, 3.05) is 5.75 Å². The van der Waals surface area contributed by atoms with Gasteiger partial charge >= 0.3 is 5.97 Å². The molecule has 1 aromatic rings. The van der Waals surface area contributed by atoms with E-state index in [1.807, 2.05) is 0 Å². The summed E-state index contributed by atoms with van der Waals surface area (Å²) in [6.45, 7) is 3.52. The lowest BCUT2D eigenvalue weighted by molar-refractivity contribution is -0.137. The summed E-state index contributed by atoms with van der Waals surface area (Å²) in [7, 11) is 0. The number of imide groups is 1. The fourth-order valence-corrected chi connectivity index (χ4v) is 2.28. The van der Waals surface area contributed by atoms with Gasteiger partial charge in [0, 0.05) is 0 Å². The van der Waals surface area contributed by atoms with Gasteiger partial charge in [-0.1, -0.05) is 13.8 Å². The summed E-state index contributed by atoms with van der Waals surface area (Å²) in [5, 5.41) is 10.4. The third kappa shape index (κ3) is 4.78. The SMILES string of the molecule is CC(C)C(SCC(=O)NC(=O)c1ccco1)C(=O)O. The monoisotopic (exact) mass is 285 g/mol. The van der Waals surface area contributed by atoms with Crippen LogP contribution in [0.1, 0.15) is 24.4 Å². The molecule has 19 heavy (non-hydrogen) atoms. The van der Waals surface area contributed by atoms with Crippen molar-refractivity contribution in [3.05, 3.63) is 24.2 Å². The smallest absolute Gasteiger partial charge is 0.316 e. The van der Waals surface area contributed by atoms with E-state index in [1.54, 1.807) is 13.8 Å². The van der Waals surface area contributed by atoms with Crippen molar-refractivity contribution >= 4 is 29.5 Å². The van der Waals surface area contributed by atoms with Gasteiger partial charge in [0.1, 0.15) is 5.25 Å². The maximum absolute atomic E-state index is 11.5. The minimum absolute atomic E-state index is 0.0389. The molecular weight excluding hydrogens is 270 g/mol. The number of rotatable bonds is 6. The Morgan fingerprint density at radius 2 is 2.11 bits per heavy atom. The molecule has 0 aromatic carbocycles. The van der Waals surface area contributed by atoms with Crippen molar-refractivity contribution in [2.45, 2.75) is 19.1 Å². The van der Waals surface area contributed by atoms with Gasteiger partial charge in [0.15, 0.2) is 5.76 Å². The Labute approximate surface area is 114 Å². The number of carbonyl (C=O) groups is 3. The highest BCUT2D eigenvalue weighted by molar-refractivity contribution is 8.01. The molecule has 1 atom stereocenters. The first-order valence-electron chi connectivity index (χ1n) is 5.64. The summed E-state index contributed by atoms with van der Waals surface area (Å²) in [5.41, 5.74) is 0. The van der Waals surface area contributed by atoms with Crippen LogP contribution in [0, 0.1) is 5.92 Å². The Bertz CT molecular complexity index is 455. The summed E-state index contributed by atoms with van der Waals surface area (Å²) in [6.07, 6.45) is 1.33. The normalized spacial score (nSPS) is 12.2. The van der Waals surface area contributed by atoms with E-state index in [-0.39, 0.29) is 17.4 Å². The molecule has 0 aliphatic rings. The molecule has 0 aliphatic carbocycles. The average Bonchev–Trinajstić information content (AvgIpc) is 2.81. The largest absolute Gasteiger partial charge is 0.480 e. The van der Waals surface area contributed by atoms with E-state index in [4.69, 9.17) is 9.52 Å². The number of carboxylic acid groups (broad SMARTS) is 1. The lowest BCUT2D eigenvalue weighted by Crippen LogP contribution is -2.33. The molecule has 2 amide bonds. The second-order valence-electron chi connectivity index (χ2n) is 4.17. The van der Waals surface area contributed by atoms with E-state index >= 15 is 0 Å². The molecule has 104 valence electrons. The van der Waals surface area contributed by atoms with Crippen LogP contribution in [-0.2, 0) is 9.59 Å². The Morgan fingerprint density at radius 1 is 1.42 bits per heavy atom. The van der Waals surface area contributed by atoms with Gasteiger partial charge in [0.2, 0.25) is 5.91 Å². The molecular formula is C12H15NO5S. The molecule has 0 radical (unpaired) electrons. The highest BCUT2D eigenvalue weighted by Gasteiger charge is 2.23. The molecule has 0 fully saturated rings. The second kappa shape index (κ2) is 6.98. The van der Waals surface area contributed by atoms with Crippen molar-refractivity contribution in [1.82, 2.24) is 5.32 Å². The van der Waals surface area contributed by atoms with Gasteiger partial charge < -0.3 is 9.52 Å². The zero-order chi connectivity index (χ0) is 14.4. The molecule has 6 nitrogen and oxygen atoms in total. The highest BCUT2D eigenvalue weighted by atomic mass is 32.2. The molecule has 0 saturated carbocycles. The highest BCUT2D eigenvalue weighted by Crippen LogP contribution is 2.19. The maximum atomic E-state index is 11.5. The van der Waals surface area contributed by atoms with Gasteiger partial charge in [0.05, 0.1) is 12.0 Å². The average molecular weight is 285 g/mol. The number of thioether (sulfide) groups is 1. The van der Waals surface area contributed by atoms with E-state index < -0.39 is 23.0 Å². The Balaban J connectivity index is 2.43. The minimum Gasteiger partial charge on any atom is -0.480 e. The topological polar surface area (TPSA) is 96.6 Å². The van der Waals surface area contributed by atoms with Crippen molar-refractivity contribution in [1.29, 1.82) is 0 Å². The van der Waals surface area contributed by atoms with Crippen LogP contribution in [0.3, 0.4) is 0 Å². The van der Waals surface area contributed by atoms with E-state index in [9.17, 15) is 14.4 Å². The Kier molecular flexibility index (Phi) is 5.62. The number of hydrogen-bond donors (Lipinski definition) is 2. The molecule has 1 unspecified atom stereocenters. The molecule has 1 heterocycles. The Hall–Kier alpha value is -1.76. The number of amides is 2. The molecule has 0 aliphatic heterocycles. The predicted octanol–water partition coefficient (Wildman–Crippen LogP) is 1.38. The fraction of sp³-hybridized carbons (Fsp3) is 0.417. The van der Waals surface area contributed by atoms with Crippen molar-refractivity contribution in [3.8, 4) is 0 Å². The number of carboxylic acids is 1. The van der Waals surface area contributed by atoms with Crippen molar-refractivity contribution in [3.63, 3.8) is 0 Å². The molecule has 0 saturated heterocycles. The molecule has 1 aromatic heterocycles. The zero-order valence-electron chi connectivity index (χ0n) is 10.6. The number of furan rings is 1. The van der Waals surface area contributed by atoms with Gasteiger partial charge in [-0.05, 0) is 18.1 Å². The van der Waals surface area contributed by atoms with Crippen LogP contribution in [0.15, 0.2) is 22.8 Å². The number of hydrogen-bond acceptors (Lipinski definition) is 5. The maximum Gasteiger partial charge on any atom is 0.316 e. The van der Waals surface area contributed by atoms with Crippen molar-refractivity contribution in [2.24, 2.45) is 5.92 Å². The first kappa shape index (κ1) is 15.3. The molecule has 7 heteroatoms. The molecule has 0 spiro atoms. The first-order valence-corrected chi connectivity index (χ1v) is 6.68. The second-order valence-corrected chi connectivity index (χ2v) is 5.30. The fourth-order valence-electron chi connectivity index (χ4n) is 1.35. The molecule has 2 N–H and O–H groups in total. The van der Waals surface area contributed by atoms with Crippen LogP contribution in [0.25, 0.3) is 0 Å². The molecule has 1 rings (SSSR count). The quantitative estimate of drug-likeness (QED) is 0.819. The summed E-state index contributed by atoms with van der Waals surface area (Å²) in [4.78, 5) is 33.9. The van der Waals surface area contributed by atoms with Gasteiger partial charge in [0.25, 0.3) is 5.91 Å². The lowest BCUT2D eigenvalue weighted by Gasteiger charge is -2.14. The molecule has 0 bridgehead atoms. The standard InChI is InChI=1S/C12H15NO5S/c1-7(2)10(12(16)17)19-6-9(14)13-11(15)8-4-3-5-18-8/h3-5,7,10H,6H2,1-2H3,(H,16,17)(H,13,14,15). The van der Waals surface area contributed by atoms with Gasteiger partial charge in [-0.15, -0.1) is 11.8 Å². The van der Waals surface area contributed by atoms with Crippen LogP contribution in [0.2, 0.25) is 0 Å². The van der Waals surface area contributed by atoms with E-state index in [0.29, 0.717) is 0 Å². The third-order valence-corrected chi connectivity index (χ3v) is 3.77. The van der Waals surface area contributed by atoms with Crippen LogP contribution < -0.4 is 5.32 Å². The lowest BCUT2D eigenvalue weighted by atomic mass is 10.1. The van der Waals surface area contributed by atoms with Crippen molar-refractivity contribution < 1.29 is 23.9 Å². The van der Waals surface area contributed by atoms with Crippen LogP contribution in [0.4, 0.5) is 0 Å².